The van der Waals surface area contributed by atoms with E-state index in [1.54, 1.807) is 24.5 Å². The summed E-state index contributed by atoms with van der Waals surface area (Å²) in [6.07, 6.45) is -2.52. The van der Waals surface area contributed by atoms with Gasteiger partial charge in [-0.05, 0) is 55.2 Å². The SMILES string of the molecule is C[C@H](Cc1nncn1C)c1cccc(NC(=O)c2cc(C(C)(C)O)cc(C(F)(F)F)n2)c1. The summed E-state index contributed by atoms with van der Waals surface area (Å²) in [4.78, 5) is 16.2. The van der Waals surface area contributed by atoms with Crippen molar-refractivity contribution >= 4 is 11.6 Å². The molecule has 1 atom stereocenters. The minimum atomic E-state index is -4.76. The van der Waals surface area contributed by atoms with Crippen LogP contribution in [-0.2, 0) is 25.2 Å². The van der Waals surface area contributed by atoms with Crippen LogP contribution in [-0.4, -0.2) is 30.8 Å². The molecule has 0 saturated carbocycles. The predicted molar refractivity (Wildman–Crippen MR) is 112 cm³/mol. The molecule has 0 aliphatic rings. The number of nitrogens with zero attached hydrogens (tertiary/aromatic N) is 4. The van der Waals surface area contributed by atoms with Gasteiger partial charge in [-0.15, -0.1) is 10.2 Å². The number of hydrogen-bond donors (Lipinski definition) is 2. The number of carbonyl (C=O) groups excluding carboxylic acids is 1. The Bertz CT molecular complexity index is 1090. The van der Waals surface area contributed by atoms with Gasteiger partial charge in [-0.1, -0.05) is 19.1 Å². The molecule has 0 fully saturated rings. The number of alkyl halides is 3. The molecule has 3 rings (SSSR count). The van der Waals surface area contributed by atoms with Gasteiger partial charge in [-0.3, -0.25) is 4.79 Å². The molecular formula is C22H24F3N5O2. The highest BCUT2D eigenvalue weighted by Crippen LogP contribution is 2.31. The number of amides is 1. The van der Waals surface area contributed by atoms with Crippen molar-refractivity contribution in [3.63, 3.8) is 0 Å². The van der Waals surface area contributed by atoms with Crippen LogP contribution in [0.3, 0.4) is 0 Å². The van der Waals surface area contributed by atoms with Gasteiger partial charge < -0.3 is 15.0 Å². The smallest absolute Gasteiger partial charge is 0.386 e. The number of anilines is 1. The molecule has 0 saturated heterocycles. The summed E-state index contributed by atoms with van der Waals surface area (Å²) in [6, 6.07) is 8.94. The molecule has 7 nitrogen and oxygen atoms in total. The zero-order chi connectivity index (χ0) is 23.7. The molecular weight excluding hydrogens is 423 g/mol. The van der Waals surface area contributed by atoms with Crippen LogP contribution in [0.4, 0.5) is 18.9 Å². The minimum absolute atomic E-state index is 0.0585. The van der Waals surface area contributed by atoms with Crippen LogP contribution in [0.15, 0.2) is 42.7 Å². The lowest BCUT2D eigenvalue weighted by molar-refractivity contribution is -0.141. The van der Waals surface area contributed by atoms with E-state index in [1.807, 2.05) is 24.6 Å². The van der Waals surface area contributed by atoms with Gasteiger partial charge in [0.1, 0.15) is 23.5 Å². The lowest BCUT2D eigenvalue weighted by atomic mass is 9.96. The Morgan fingerprint density at radius 3 is 2.53 bits per heavy atom. The lowest BCUT2D eigenvalue weighted by Crippen LogP contribution is -2.22. The van der Waals surface area contributed by atoms with Crippen LogP contribution in [0.1, 0.15) is 59.8 Å². The van der Waals surface area contributed by atoms with E-state index in [2.05, 4.69) is 20.5 Å². The maximum atomic E-state index is 13.3. The van der Waals surface area contributed by atoms with Gasteiger partial charge in [0.15, 0.2) is 0 Å². The van der Waals surface area contributed by atoms with Gasteiger partial charge in [0.05, 0.1) is 5.60 Å². The number of aromatic nitrogens is 4. The summed E-state index contributed by atoms with van der Waals surface area (Å²) in [5, 5.41) is 20.7. The Hall–Kier alpha value is -3.27. The van der Waals surface area contributed by atoms with E-state index in [9.17, 15) is 23.1 Å². The summed E-state index contributed by atoms with van der Waals surface area (Å²) in [5.74, 6) is 0.0576. The molecule has 3 aromatic rings. The van der Waals surface area contributed by atoms with E-state index in [0.29, 0.717) is 12.1 Å². The molecule has 0 bridgehead atoms. The average molecular weight is 447 g/mol. The Morgan fingerprint density at radius 1 is 1.22 bits per heavy atom. The van der Waals surface area contributed by atoms with Crippen molar-refractivity contribution in [2.45, 2.75) is 44.9 Å². The standard InChI is InChI=1S/C22H24F3N5O2/c1-13(8-19-29-26-12-30(19)4)14-6-5-7-16(9-14)27-20(31)17-10-15(21(2,3)32)11-18(28-17)22(23,24)25/h5-7,9-13,32H,8H2,1-4H3,(H,27,31)/t13-/m1/s1. The molecule has 1 aromatic carbocycles. The number of nitrogens with one attached hydrogen (secondary N) is 1. The van der Waals surface area contributed by atoms with E-state index in [1.165, 1.54) is 13.8 Å². The summed E-state index contributed by atoms with van der Waals surface area (Å²) < 4.78 is 41.6. The van der Waals surface area contributed by atoms with Gasteiger partial charge in [0, 0.05) is 19.2 Å². The lowest BCUT2D eigenvalue weighted by Gasteiger charge is -2.20. The van der Waals surface area contributed by atoms with Crippen molar-refractivity contribution < 1.29 is 23.1 Å². The summed E-state index contributed by atoms with van der Waals surface area (Å²) in [5.41, 5.74) is -1.98. The van der Waals surface area contributed by atoms with Gasteiger partial charge in [-0.2, -0.15) is 13.2 Å². The minimum Gasteiger partial charge on any atom is -0.386 e. The molecule has 2 N–H and O–H groups in total. The monoisotopic (exact) mass is 447 g/mol. The highest BCUT2D eigenvalue weighted by molar-refractivity contribution is 6.03. The van der Waals surface area contributed by atoms with Crippen LogP contribution >= 0.6 is 0 Å². The van der Waals surface area contributed by atoms with Crippen molar-refractivity contribution in [2.24, 2.45) is 7.05 Å². The molecule has 32 heavy (non-hydrogen) atoms. The van der Waals surface area contributed by atoms with E-state index in [4.69, 9.17) is 0 Å². The first kappa shape index (κ1) is 23.4. The number of rotatable bonds is 6. The zero-order valence-electron chi connectivity index (χ0n) is 18.1. The van der Waals surface area contributed by atoms with E-state index < -0.39 is 29.1 Å². The first-order valence-electron chi connectivity index (χ1n) is 9.91. The third kappa shape index (κ3) is 5.50. The predicted octanol–water partition coefficient (Wildman–Crippen LogP) is 4.05. The Kier molecular flexibility index (Phi) is 6.36. The van der Waals surface area contributed by atoms with Crippen LogP contribution in [0.2, 0.25) is 0 Å². The van der Waals surface area contributed by atoms with Crippen molar-refractivity contribution in [3.05, 3.63) is 71.1 Å². The fourth-order valence-corrected chi connectivity index (χ4v) is 3.15. The molecule has 0 unspecified atom stereocenters. The second-order valence-electron chi connectivity index (χ2n) is 8.23. The third-order valence-corrected chi connectivity index (χ3v) is 5.06. The topological polar surface area (TPSA) is 92.9 Å². The average Bonchev–Trinajstić information content (AvgIpc) is 3.11. The highest BCUT2D eigenvalue weighted by atomic mass is 19.4. The molecule has 0 aliphatic carbocycles. The molecule has 2 aromatic heterocycles. The van der Waals surface area contributed by atoms with Crippen molar-refractivity contribution in [3.8, 4) is 0 Å². The van der Waals surface area contributed by atoms with E-state index in [-0.39, 0.29) is 11.5 Å². The number of benzene rings is 1. The molecule has 170 valence electrons. The quantitative estimate of drug-likeness (QED) is 0.595. The van der Waals surface area contributed by atoms with Gasteiger partial charge in [0.2, 0.25) is 0 Å². The molecule has 10 heteroatoms. The van der Waals surface area contributed by atoms with E-state index in [0.717, 1.165) is 23.5 Å². The molecule has 2 heterocycles. The van der Waals surface area contributed by atoms with E-state index >= 15 is 0 Å². The Balaban J connectivity index is 1.84. The van der Waals surface area contributed by atoms with Gasteiger partial charge >= 0.3 is 6.18 Å². The number of pyridine rings is 1. The summed E-state index contributed by atoms with van der Waals surface area (Å²) in [7, 11) is 1.85. The molecule has 1 amide bonds. The third-order valence-electron chi connectivity index (χ3n) is 5.06. The summed E-state index contributed by atoms with van der Waals surface area (Å²) in [6.45, 7) is 4.68. The second kappa shape index (κ2) is 8.70. The fraction of sp³-hybridized carbons (Fsp3) is 0.364. The normalized spacial score (nSPS) is 13.1. The highest BCUT2D eigenvalue weighted by Gasteiger charge is 2.35. The number of carbonyl (C=O) groups is 1. The summed E-state index contributed by atoms with van der Waals surface area (Å²) >= 11 is 0. The van der Waals surface area contributed by atoms with Gasteiger partial charge in [0.25, 0.3) is 5.91 Å². The Morgan fingerprint density at radius 2 is 1.94 bits per heavy atom. The second-order valence-corrected chi connectivity index (χ2v) is 8.23. The van der Waals surface area contributed by atoms with Crippen molar-refractivity contribution in [1.82, 2.24) is 19.7 Å². The maximum Gasteiger partial charge on any atom is 0.433 e. The zero-order valence-corrected chi connectivity index (χ0v) is 18.1. The van der Waals surface area contributed by atoms with Crippen LogP contribution < -0.4 is 5.32 Å². The fourth-order valence-electron chi connectivity index (χ4n) is 3.15. The first-order chi connectivity index (χ1) is 14.8. The number of halogens is 3. The van der Waals surface area contributed by atoms with Crippen LogP contribution in [0.5, 0.6) is 0 Å². The number of hydrogen-bond acceptors (Lipinski definition) is 5. The van der Waals surface area contributed by atoms with Crippen molar-refractivity contribution in [2.75, 3.05) is 5.32 Å². The molecule has 0 aliphatic heterocycles. The largest absolute Gasteiger partial charge is 0.433 e. The Labute approximate surface area is 183 Å². The first-order valence-corrected chi connectivity index (χ1v) is 9.91. The van der Waals surface area contributed by atoms with Crippen LogP contribution in [0.25, 0.3) is 0 Å². The van der Waals surface area contributed by atoms with Gasteiger partial charge in [-0.25, -0.2) is 4.98 Å². The number of aryl methyl sites for hydroxylation is 1. The van der Waals surface area contributed by atoms with Crippen LogP contribution in [0, 0.1) is 0 Å². The number of aliphatic hydroxyl groups is 1. The molecule has 0 radical (unpaired) electrons. The maximum absolute atomic E-state index is 13.3. The molecule has 0 spiro atoms. The van der Waals surface area contributed by atoms with Crippen molar-refractivity contribution in [1.29, 1.82) is 0 Å².